The molecule has 28 heavy (non-hydrogen) atoms. The molecule has 0 saturated carbocycles. The van der Waals surface area contributed by atoms with Gasteiger partial charge >= 0.3 is 0 Å². The number of hydrogen-bond acceptors (Lipinski definition) is 4. The standard InChI is InChI=1S/C20H17N5O3/c1-11-6-5-8-14(16(11)20(28)21-2)23-19(27)13-10-22-25-15-9-4-3-7-12(15)18(26)24-17(13)25/h3-10H,1-2H3,(H,21,28)(H,23,27)(H,24,26). The topological polar surface area (TPSA) is 108 Å². The Hall–Kier alpha value is -3.94. The lowest BCUT2D eigenvalue weighted by Gasteiger charge is -2.12. The van der Waals surface area contributed by atoms with Gasteiger partial charge in [0, 0.05) is 7.05 Å². The molecule has 0 aliphatic rings. The Kier molecular flexibility index (Phi) is 4.15. The second kappa shape index (κ2) is 6.66. The fourth-order valence-corrected chi connectivity index (χ4v) is 3.23. The third-order valence-corrected chi connectivity index (χ3v) is 4.60. The van der Waals surface area contributed by atoms with Crippen molar-refractivity contribution in [1.29, 1.82) is 0 Å². The summed E-state index contributed by atoms with van der Waals surface area (Å²) >= 11 is 0. The highest BCUT2D eigenvalue weighted by Crippen LogP contribution is 2.21. The Labute approximate surface area is 159 Å². The first kappa shape index (κ1) is 17.5. The molecule has 4 rings (SSSR count). The number of hydrogen-bond donors (Lipinski definition) is 3. The van der Waals surface area contributed by atoms with Crippen LogP contribution in [0, 0.1) is 6.92 Å². The Morgan fingerprint density at radius 1 is 1.07 bits per heavy atom. The molecule has 2 aromatic carbocycles. The number of amides is 2. The number of carbonyl (C=O) groups is 2. The summed E-state index contributed by atoms with van der Waals surface area (Å²) in [6, 6.07) is 12.2. The highest BCUT2D eigenvalue weighted by Gasteiger charge is 2.19. The lowest BCUT2D eigenvalue weighted by Crippen LogP contribution is -2.23. The van der Waals surface area contributed by atoms with Crippen molar-refractivity contribution in [1.82, 2.24) is 19.9 Å². The first-order valence-electron chi connectivity index (χ1n) is 8.63. The molecule has 0 aliphatic heterocycles. The van der Waals surface area contributed by atoms with Crippen molar-refractivity contribution in [2.24, 2.45) is 0 Å². The maximum atomic E-state index is 12.9. The molecule has 2 heterocycles. The van der Waals surface area contributed by atoms with E-state index in [1.165, 1.54) is 17.8 Å². The summed E-state index contributed by atoms with van der Waals surface area (Å²) in [7, 11) is 1.53. The van der Waals surface area contributed by atoms with Gasteiger partial charge in [0.15, 0.2) is 0 Å². The number of para-hydroxylation sites is 1. The van der Waals surface area contributed by atoms with Gasteiger partial charge in [0.25, 0.3) is 17.4 Å². The van der Waals surface area contributed by atoms with Gasteiger partial charge in [-0.05, 0) is 30.7 Å². The molecule has 0 saturated heterocycles. The van der Waals surface area contributed by atoms with E-state index in [2.05, 4.69) is 20.7 Å². The van der Waals surface area contributed by atoms with E-state index in [1.807, 2.05) is 0 Å². The van der Waals surface area contributed by atoms with Crippen molar-refractivity contribution in [3.63, 3.8) is 0 Å². The van der Waals surface area contributed by atoms with E-state index in [9.17, 15) is 14.4 Å². The van der Waals surface area contributed by atoms with Crippen molar-refractivity contribution in [2.45, 2.75) is 6.92 Å². The Bertz CT molecular complexity index is 1300. The van der Waals surface area contributed by atoms with Crippen molar-refractivity contribution in [3.05, 3.63) is 75.7 Å². The fraction of sp³-hybridized carbons (Fsp3) is 0.100. The molecule has 0 unspecified atom stereocenters. The maximum Gasteiger partial charge on any atom is 0.261 e. The molecule has 8 nitrogen and oxygen atoms in total. The first-order chi connectivity index (χ1) is 13.5. The third-order valence-electron chi connectivity index (χ3n) is 4.60. The van der Waals surface area contributed by atoms with E-state index in [0.717, 1.165) is 5.56 Å². The monoisotopic (exact) mass is 375 g/mol. The van der Waals surface area contributed by atoms with Crippen molar-refractivity contribution in [3.8, 4) is 0 Å². The van der Waals surface area contributed by atoms with Gasteiger partial charge in [0.05, 0.1) is 28.4 Å². The second-order valence-corrected chi connectivity index (χ2v) is 6.32. The van der Waals surface area contributed by atoms with Crippen LogP contribution < -0.4 is 16.2 Å². The van der Waals surface area contributed by atoms with Crippen LogP contribution in [0.4, 0.5) is 5.69 Å². The van der Waals surface area contributed by atoms with Gasteiger partial charge < -0.3 is 15.6 Å². The van der Waals surface area contributed by atoms with E-state index in [1.54, 1.807) is 49.4 Å². The molecule has 0 fully saturated rings. The summed E-state index contributed by atoms with van der Waals surface area (Å²) in [5.41, 5.74) is 2.28. The number of fused-ring (bicyclic) bond motifs is 3. The van der Waals surface area contributed by atoms with Crippen LogP contribution in [0.2, 0.25) is 0 Å². The minimum absolute atomic E-state index is 0.201. The summed E-state index contributed by atoms with van der Waals surface area (Å²) in [5.74, 6) is -0.774. The van der Waals surface area contributed by atoms with Crippen LogP contribution in [0.25, 0.3) is 16.6 Å². The SMILES string of the molecule is CNC(=O)c1c(C)cccc1NC(=O)c1cnn2c1[nH]c(=O)c1ccccc12. The van der Waals surface area contributed by atoms with Crippen molar-refractivity contribution >= 4 is 34.1 Å². The molecule has 0 atom stereocenters. The smallest absolute Gasteiger partial charge is 0.261 e. The molecular weight excluding hydrogens is 358 g/mol. The maximum absolute atomic E-state index is 12.9. The van der Waals surface area contributed by atoms with Gasteiger partial charge in [-0.3, -0.25) is 14.4 Å². The van der Waals surface area contributed by atoms with E-state index >= 15 is 0 Å². The largest absolute Gasteiger partial charge is 0.355 e. The molecule has 0 aliphatic carbocycles. The predicted octanol–water partition coefficient (Wildman–Crippen LogP) is 2.10. The van der Waals surface area contributed by atoms with E-state index in [4.69, 9.17) is 0 Å². The number of aromatic amines is 1. The second-order valence-electron chi connectivity index (χ2n) is 6.32. The van der Waals surface area contributed by atoms with Gasteiger partial charge in [-0.1, -0.05) is 24.3 Å². The van der Waals surface area contributed by atoms with Crippen molar-refractivity contribution < 1.29 is 9.59 Å². The number of nitrogens with one attached hydrogen (secondary N) is 3. The number of aryl methyl sites for hydroxylation is 1. The predicted molar refractivity (Wildman–Crippen MR) is 106 cm³/mol. The zero-order chi connectivity index (χ0) is 19.8. The minimum Gasteiger partial charge on any atom is -0.355 e. The lowest BCUT2D eigenvalue weighted by molar-refractivity contribution is 0.0963. The quantitative estimate of drug-likeness (QED) is 0.509. The van der Waals surface area contributed by atoms with Gasteiger partial charge in [0.2, 0.25) is 0 Å². The molecule has 2 amide bonds. The normalized spacial score (nSPS) is 10.9. The number of benzene rings is 2. The van der Waals surface area contributed by atoms with Gasteiger partial charge in [-0.25, -0.2) is 4.52 Å². The summed E-state index contributed by atoms with van der Waals surface area (Å²) in [6.07, 6.45) is 1.39. The zero-order valence-corrected chi connectivity index (χ0v) is 15.2. The van der Waals surface area contributed by atoms with E-state index in [-0.39, 0.29) is 22.7 Å². The molecular formula is C20H17N5O3. The van der Waals surface area contributed by atoms with E-state index in [0.29, 0.717) is 22.2 Å². The fourth-order valence-electron chi connectivity index (χ4n) is 3.23. The van der Waals surface area contributed by atoms with Gasteiger partial charge in [-0.2, -0.15) is 5.10 Å². The number of nitrogens with zero attached hydrogens (tertiary/aromatic N) is 2. The molecule has 0 radical (unpaired) electrons. The number of carbonyl (C=O) groups excluding carboxylic acids is 2. The molecule has 4 aromatic rings. The lowest BCUT2D eigenvalue weighted by atomic mass is 10.1. The Balaban J connectivity index is 1.80. The minimum atomic E-state index is -0.475. The van der Waals surface area contributed by atoms with Crippen LogP contribution in [0.15, 0.2) is 53.5 Å². The van der Waals surface area contributed by atoms with Crippen LogP contribution >= 0.6 is 0 Å². The van der Waals surface area contributed by atoms with Crippen LogP contribution in [0.3, 0.4) is 0 Å². The van der Waals surface area contributed by atoms with Crippen molar-refractivity contribution in [2.75, 3.05) is 12.4 Å². The number of H-pyrrole nitrogens is 1. The number of aromatic nitrogens is 3. The van der Waals surface area contributed by atoms with Crippen LogP contribution in [0.5, 0.6) is 0 Å². The van der Waals surface area contributed by atoms with Crippen LogP contribution in [-0.4, -0.2) is 33.5 Å². The molecule has 140 valence electrons. The Morgan fingerprint density at radius 2 is 1.86 bits per heavy atom. The molecule has 2 aromatic heterocycles. The highest BCUT2D eigenvalue weighted by molar-refractivity contribution is 6.12. The first-order valence-corrected chi connectivity index (χ1v) is 8.63. The summed E-state index contributed by atoms with van der Waals surface area (Å²) in [4.78, 5) is 40.2. The highest BCUT2D eigenvalue weighted by atomic mass is 16.2. The molecule has 0 bridgehead atoms. The molecule has 0 spiro atoms. The Morgan fingerprint density at radius 3 is 2.64 bits per heavy atom. The average molecular weight is 375 g/mol. The summed E-state index contributed by atoms with van der Waals surface area (Å²) < 4.78 is 1.52. The van der Waals surface area contributed by atoms with E-state index < -0.39 is 5.91 Å². The average Bonchev–Trinajstić information content (AvgIpc) is 3.12. The van der Waals surface area contributed by atoms with Crippen LogP contribution in [0.1, 0.15) is 26.3 Å². The van der Waals surface area contributed by atoms with Gasteiger partial charge in [-0.15, -0.1) is 0 Å². The summed E-state index contributed by atoms with van der Waals surface area (Å²) in [6.45, 7) is 1.79. The molecule has 8 heteroatoms. The zero-order valence-electron chi connectivity index (χ0n) is 15.2. The number of anilines is 1. The summed E-state index contributed by atoms with van der Waals surface area (Å²) in [5, 5.41) is 10.1. The number of rotatable bonds is 3. The third kappa shape index (κ3) is 2.71. The van der Waals surface area contributed by atoms with Crippen LogP contribution in [-0.2, 0) is 0 Å². The molecule has 3 N–H and O–H groups in total. The van der Waals surface area contributed by atoms with Gasteiger partial charge in [0.1, 0.15) is 11.2 Å².